The zero-order chi connectivity index (χ0) is 13.9. The first-order valence-corrected chi connectivity index (χ1v) is 6.96. The summed E-state index contributed by atoms with van der Waals surface area (Å²) in [7, 11) is 0. The molecule has 5 heteroatoms. The van der Waals surface area contributed by atoms with Gasteiger partial charge in [0.05, 0.1) is 11.7 Å². The van der Waals surface area contributed by atoms with E-state index in [-0.39, 0.29) is 11.9 Å². The van der Waals surface area contributed by atoms with Gasteiger partial charge in [-0.3, -0.25) is 0 Å². The number of benzene rings is 1. The molecule has 2 heterocycles. The Kier molecular flexibility index (Phi) is 3.69. The monoisotopic (exact) mass is 274 g/mol. The minimum absolute atomic E-state index is 0.153. The fraction of sp³-hybridized carbons (Fsp3) is 0.467. The highest BCUT2D eigenvalue weighted by Gasteiger charge is 2.19. The van der Waals surface area contributed by atoms with E-state index in [1.807, 2.05) is 19.1 Å². The summed E-state index contributed by atoms with van der Waals surface area (Å²) in [4.78, 5) is 4.36. The zero-order valence-corrected chi connectivity index (χ0v) is 11.5. The Balaban J connectivity index is 1.77. The van der Waals surface area contributed by atoms with Gasteiger partial charge < -0.3 is 14.4 Å². The van der Waals surface area contributed by atoms with Crippen LogP contribution in [-0.4, -0.2) is 28.0 Å². The number of aromatic nitrogens is 2. The number of hydrogen-bond acceptors (Lipinski definition) is 5. The normalized spacial score (nSPS) is 19.1. The number of aryl methyl sites for hydroxylation is 1. The number of ether oxygens (including phenoxy) is 1. The summed E-state index contributed by atoms with van der Waals surface area (Å²) in [5, 5.41) is 13.8. The molecule has 1 aromatic carbocycles. The molecule has 20 heavy (non-hydrogen) atoms. The standard InChI is InChI=1S/C15H18N2O3/c1-10-5-6-13(18)12(8-10)15-16-14(17-20-15)9-11-4-2-3-7-19-11/h5-6,8,11,18H,2-4,7,9H2,1H3. The second-order valence-corrected chi connectivity index (χ2v) is 5.23. The molecule has 106 valence electrons. The van der Waals surface area contributed by atoms with Crippen molar-refractivity contribution in [1.29, 1.82) is 0 Å². The van der Waals surface area contributed by atoms with Crippen molar-refractivity contribution in [3.05, 3.63) is 29.6 Å². The van der Waals surface area contributed by atoms with E-state index in [0.29, 0.717) is 23.7 Å². The smallest absolute Gasteiger partial charge is 0.261 e. The van der Waals surface area contributed by atoms with Crippen LogP contribution in [-0.2, 0) is 11.2 Å². The lowest BCUT2D eigenvalue weighted by Crippen LogP contribution is -2.21. The van der Waals surface area contributed by atoms with Crippen molar-refractivity contribution >= 4 is 0 Å². The fourth-order valence-electron chi connectivity index (χ4n) is 2.44. The summed E-state index contributed by atoms with van der Waals surface area (Å²) in [5.41, 5.74) is 1.61. The van der Waals surface area contributed by atoms with Gasteiger partial charge in [0.1, 0.15) is 5.75 Å². The average Bonchev–Trinajstić information content (AvgIpc) is 2.91. The molecule has 0 aliphatic carbocycles. The fourth-order valence-corrected chi connectivity index (χ4v) is 2.44. The van der Waals surface area contributed by atoms with Crippen molar-refractivity contribution < 1.29 is 14.4 Å². The van der Waals surface area contributed by atoms with Crippen LogP contribution in [0.2, 0.25) is 0 Å². The van der Waals surface area contributed by atoms with Gasteiger partial charge in [-0.25, -0.2) is 0 Å². The van der Waals surface area contributed by atoms with Gasteiger partial charge >= 0.3 is 0 Å². The molecule has 0 spiro atoms. The minimum atomic E-state index is 0.153. The van der Waals surface area contributed by atoms with Gasteiger partial charge in [0.2, 0.25) is 0 Å². The first-order chi connectivity index (χ1) is 9.72. The number of rotatable bonds is 3. The number of aromatic hydroxyl groups is 1. The van der Waals surface area contributed by atoms with Gasteiger partial charge in [-0.2, -0.15) is 4.98 Å². The number of phenolic OH excluding ortho intramolecular Hbond substituents is 1. The van der Waals surface area contributed by atoms with Crippen molar-refractivity contribution in [2.24, 2.45) is 0 Å². The lowest BCUT2D eigenvalue weighted by Gasteiger charge is -2.20. The third-order valence-corrected chi connectivity index (χ3v) is 3.53. The number of nitrogens with zero attached hydrogens (tertiary/aromatic N) is 2. The van der Waals surface area contributed by atoms with Crippen LogP contribution in [0.25, 0.3) is 11.5 Å². The van der Waals surface area contributed by atoms with E-state index in [9.17, 15) is 5.11 Å². The zero-order valence-electron chi connectivity index (χ0n) is 11.5. The summed E-state index contributed by atoms with van der Waals surface area (Å²) in [6.07, 6.45) is 4.20. The summed E-state index contributed by atoms with van der Waals surface area (Å²) in [6, 6.07) is 5.31. The highest BCUT2D eigenvalue weighted by Crippen LogP contribution is 2.29. The summed E-state index contributed by atoms with van der Waals surface area (Å²) < 4.78 is 10.9. The van der Waals surface area contributed by atoms with E-state index in [1.165, 1.54) is 6.42 Å². The molecule has 0 amide bonds. The summed E-state index contributed by atoms with van der Waals surface area (Å²) >= 11 is 0. The molecule has 1 aliphatic heterocycles. The van der Waals surface area contributed by atoms with Crippen molar-refractivity contribution in [3.8, 4) is 17.2 Å². The molecule has 1 aromatic heterocycles. The molecule has 0 saturated carbocycles. The van der Waals surface area contributed by atoms with Crippen molar-refractivity contribution in [1.82, 2.24) is 10.1 Å². The predicted molar refractivity (Wildman–Crippen MR) is 73.4 cm³/mol. The van der Waals surface area contributed by atoms with Gasteiger partial charge in [-0.05, 0) is 38.3 Å². The van der Waals surface area contributed by atoms with Crippen LogP contribution in [0, 0.1) is 6.92 Å². The molecular weight excluding hydrogens is 256 g/mol. The third-order valence-electron chi connectivity index (χ3n) is 3.53. The van der Waals surface area contributed by atoms with Crippen LogP contribution in [0.5, 0.6) is 5.75 Å². The average molecular weight is 274 g/mol. The molecule has 5 nitrogen and oxygen atoms in total. The highest BCUT2D eigenvalue weighted by atomic mass is 16.5. The maximum atomic E-state index is 9.87. The first-order valence-electron chi connectivity index (χ1n) is 6.96. The Morgan fingerprint density at radius 3 is 3.05 bits per heavy atom. The topological polar surface area (TPSA) is 68.4 Å². The van der Waals surface area contributed by atoms with E-state index in [0.717, 1.165) is 25.0 Å². The molecule has 2 aromatic rings. The lowest BCUT2D eigenvalue weighted by atomic mass is 10.1. The van der Waals surface area contributed by atoms with Crippen LogP contribution in [0.15, 0.2) is 22.7 Å². The van der Waals surface area contributed by atoms with E-state index < -0.39 is 0 Å². The van der Waals surface area contributed by atoms with Gasteiger partial charge in [0.25, 0.3) is 5.89 Å². The molecule has 1 saturated heterocycles. The summed E-state index contributed by atoms with van der Waals surface area (Å²) in [6.45, 7) is 2.77. The maximum absolute atomic E-state index is 9.87. The van der Waals surface area contributed by atoms with Gasteiger partial charge in [0.15, 0.2) is 5.82 Å². The van der Waals surface area contributed by atoms with Crippen molar-refractivity contribution in [3.63, 3.8) is 0 Å². The molecule has 1 N–H and O–H groups in total. The molecule has 1 atom stereocenters. The predicted octanol–water partition coefficient (Wildman–Crippen LogP) is 2.86. The molecule has 0 bridgehead atoms. The minimum Gasteiger partial charge on any atom is -0.507 e. The van der Waals surface area contributed by atoms with Gasteiger partial charge in [-0.1, -0.05) is 16.8 Å². The summed E-state index contributed by atoms with van der Waals surface area (Å²) in [5.74, 6) is 1.14. The van der Waals surface area contributed by atoms with Gasteiger partial charge in [0, 0.05) is 13.0 Å². The van der Waals surface area contributed by atoms with Crippen LogP contribution in [0.3, 0.4) is 0 Å². The van der Waals surface area contributed by atoms with E-state index in [2.05, 4.69) is 10.1 Å². The Bertz CT molecular complexity index is 589. The van der Waals surface area contributed by atoms with Crippen molar-refractivity contribution in [2.75, 3.05) is 6.61 Å². The van der Waals surface area contributed by atoms with Crippen molar-refractivity contribution in [2.45, 2.75) is 38.7 Å². The van der Waals surface area contributed by atoms with Crippen LogP contribution >= 0.6 is 0 Å². The molecule has 1 unspecified atom stereocenters. The Hall–Kier alpha value is -1.88. The van der Waals surface area contributed by atoms with E-state index in [4.69, 9.17) is 9.26 Å². The quantitative estimate of drug-likeness (QED) is 0.932. The molecule has 1 fully saturated rings. The second kappa shape index (κ2) is 5.63. The maximum Gasteiger partial charge on any atom is 0.261 e. The Morgan fingerprint density at radius 2 is 2.25 bits per heavy atom. The first kappa shape index (κ1) is 13.1. The Morgan fingerprint density at radius 1 is 1.35 bits per heavy atom. The number of phenols is 1. The van der Waals surface area contributed by atoms with E-state index >= 15 is 0 Å². The van der Waals surface area contributed by atoms with Crippen LogP contribution < -0.4 is 0 Å². The molecule has 0 radical (unpaired) electrons. The van der Waals surface area contributed by atoms with E-state index in [1.54, 1.807) is 6.07 Å². The Labute approximate surface area is 117 Å². The van der Waals surface area contributed by atoms with Crippen LogP contribution in [0.1, 0.15) is 30.7 Å². The second-order valence-electron chi connectivity index (χ2n) is 5.23. The van der Waals surface area contributed by atoms with Crippen LogP contribution in [0.4, 0.5) is 0 Å². The molecule has 3 rings (SSSR count). The van der Waals surface area contributed by atoms with Gasteiger partial charge in [-0.15, -0.1) is 0 Å². The molecular formula is C15H18N2O3. The highest BCUT2D eigenvalue weighted by molar-refractivity contribution is 5.62. The molecule has 1 aliphatic rings. The lowest BCUT2D eigenvalue weighted by molar-refractivity contribution is 0.0153. The third kappa shape index (κ3) is 2.82. The largest absolute Gasteiger partial charge is 0.507 e. The number of hydrogen-bond donors (Lipinski definition) is 1. The SMILES string of the molecule is Cc1ccc(O)c(-c2nc(CC3CCCCO3)no2)c1.